The normalized spacial score (nSPS) is 11.9. The summed E-state index contributed by atoms with van der Waals surface area (Å²) in [7, 11) is 0. The molecule has 2 heterocycles. The molecule has 0 aliphatic heterocycles. The SMILES string of the molecule is CC(NC(=O)Cc1csc(COc2ccc(Cl)cc2)n1)c1cccs1. The van der Waals surface area contributed by atoms with Gasteiger partial charge >= 0.3 is 0 Å². The Hall–Kier alpha value is -1.89. The molecule has 1 N–H and O–H groups in total. The van der Waals surface area contributed by atoms with Crippen LogP contribution in [0.5, 0.6) is 5.75 Å². The van der Waals surface area contributed by atoms with E-state index in [1.165, 1.54) is 11.3 Å². The Morgan fingerprint density at radius 1 is 1.28 bits per heavy atom. The third-order valence-electron chi connectivity index (χ3n) is 3.46. The van der Waals surface area contributed by atoms with E-state index in [1.807, 2.05) is 41.9 Å². The number of thiophene rings is 1. The van der Waals surface area contributed by atoms with Crippen molar-refractivity contribution in [2.45, 2.75) is 26.0 Å². The summed E-state index contributed by atoms with van der Waals surface area (Å²) < 4.78 is 5.67. The maximum absolute atomic E-state index is 12.2. The third-order valence-corrected chi connectivity index (χ3v) is 5.64. The van der Waals surface area contributed by atoms with Crippen LogP contribution in [0.4, 0.5) is 0 Å². The molecule has 25 heavy (non-hydrogen) atoms. The van der Waals surface area contributed by atoms with Crippen LogP contribution in [-0.2, 0) is 17.8 Å². The molecule has 0 aliphatic carbocycles. The van der Waals surface area contributed by atoms with Gasteiger partial charge in [-0.2, -0.15) is 0 Å². The molecule has 130 valence electrons. The largest absolute Gasteiger partial charge is 0.486 e. The first kappa shape index (κ1) is 17.9. The summed E-state index contributed by atoms with van der Waals surface area (Å²) in [5, 5.41) is 8.41. The third kappa shape index (κ3) is 5.29. The lowest BCUT2D eigenvalue weighted by molar-refractivity contribution is -0.121. The number of halogens is 1. The van der Waals surface area contributed by atoms with Gasteiger partial charge < -0.3 is 10.1 Å². The maximum Gasteiger partial charge on any atom is 0.226 e. The highest BCUT2D eigenvalue weighted by Gasteiger charge is 2.13. The van der Waals surface area contributed by atoms with Crippen LogP contribution in [0.3, 0.4) is 0 Å². The molecule has 2 aromatic heterocycles. The van der Waals surface area contributed by atoms with Crippen LogP contribution in [0.1, 0.15) is 28.5 Å². The molecule has 4 nitrogen and oxygen atoms in total. The zero-order chi connectivity index (χ0) is 17.6. The fraction of sp³-hybridized carbons (Fsp3) is 0.222. The maximum atomic E-state index is 12.2. The summed E-state index contributed by atoms with van der Waals surface area (Å²) >= 11 is 8.97. The van der Waals surface area contributed by atoms with Crippen molar-refractivity contribution in [3.8, 4) is 5.75 Å². The Labute approximate surface area is 159 Å². The average molecular weight is 393 g/mol. The van der Waals surface area contributed by atoms with Crippen LogP contribution in [-0.4, -0.2) is 10.9 Å². The van der Waals surface area contributed by atoms with Crippen LogP contribution in [0.25, 0.3) is 0 Å². The minimum Gasteiger partial charge on any atom is -0.486 e. The molecule has 0 fully saturated rings. The van der Waals surface area contributed by atoms with Gasteiger partial charge in [0.25, 0.3) is 0 Å². The Balaban J connectivity index is 1.49. The topological polar surface area (TPSA) is 51.2 Å². The summed E-state index contributed by atoms with van der Waals surface area (Å²) in [5.41, 5.74) is 0.760. The quantitative estimate of drug-likeness (QED) is 0.624. The summed E-state index contributed by atoms with van der Waals surface area (Å²) in [4.78, 5) is 17.8. The first-order chi connectivity index (χ1) is 12.1. The van der Waals surface area contributed by atoms with E-state index in [1.54, 1.807) is 23.5 Å². The smallest absolute Gasteiger partial charge is 0.226 e. The van der Waals surface area contributed by atoms with E-state index in [9.17, 15) is 4.79 Å². The van der Waals surface area contributed by atoms with Crippen LogP contribution in [0.2, 0.25) is 5.02 Å². The monoisotopic (exact) mass is 392 g/mol. The molecule has 1 amide bonds. The van der Waals surface area contributed by atoms with E-state index in [2.05, 4.69) is 10.3 Å². The summed E-state index contributed by atoms with van der Waals surface area (Å²) in [6, 6.07) is 11.2. The zero-order valence-electron chi connectivity index (χ0n) is 13.6. The van der Waals surface area contributed by atoms with E-state index in [-0.39, 0.29) is 18.4 Å². The molecule has 1 atom stereocenters. The van der Waals surface area contributed by atoms with Crippen LogP contribution in [0, 0.1) is 0 Å². The number of benzene rings is 1. The number of aromatic nitrogens is 1. The fourth-order valence-electron chi connectivity index (χ4n) is 2.24. The zero-order valence-corrected chi connectivity index (χ0v) is 16.0. The van der Waals surface area contributed by atoms with Crippen molar-refractivity contribution in [1.29, 1.82) is 0 Å². The second-order valence-corrected chi connectivity index (χ2v) is 7.81. The van der Waals surface area contributed by atoms with Crippen molar-refractivity contribution in [3.63, 3.8) is 0 Å². The molecule has 0 spiro atoms. The van der Waals surface area contributed by atoms with Crippen LogP contribution < -0.4 is 10.1 Å². The standard InChI is InChI=1S/C18H17ClN2O2S2/c1-12(16-3-2-8-24-16)20-17(22)9-14-11-25-18(21-14)10-23-15-6-4-13(19)5-7-15/h2-8,11-12H,9-10H2,1H3,(H,20,22). The van der Waals surface area contributed by atoms with E-state index in [4.69, 9.17) is 16.3 Å². The molecule has 1 aromatic carbocycles. The second-order valence-electron chi connectivity index (χ2n) is 5.46. The number of carbonyl (C=O) groups is 1. The Bertz CT molecular complexity index is 816. The number of nitrogens with one attached hydrogen (secondary N) is 1. The first-order valence-corrected chi connectivity index (χ1v) is 9.88. The van der Waals surface area contributed by atoms with Crippen molar-refractivity contribution in [3.05, 3.63) is 67.8 Å². The minimum absolute atomic E-state index is 0.0128. The number of ether oxygens (including phenoxy) is 1. The van der Waals surface area contributed by atoms with Gasteiger partial charge in [0.05, 0.1) is 18.2 Å². The molecule has 0 radical (unpaired) electrons. The summed E-state index contributed by atoms with van der Waals surface area (Å²) in [6.45, 7) is 2.36. The lowest BCUT2D eigenvalue weighted by Crippen LogP contribution is -2.27. The van der Waals surface area contributed by atoms with Crippen molar-refractivity contribution in [1.82, 2.24) is 10.3 Å². The number of rotatable bonds is 7. The molecule has 0 saturated heterocycles. The number of carbonyl (C=O) groups excluding carboxylic acids is 1. The van der Waals surface area contributed by atoms with Gasteiger partial charge in [0.15, 0.2) is 0 Å². The number of nitrogens with zero attached hydrogens (tertiary/aromatic N) is 1. The Morgan fingerprint density at radius 3 is 2.80 bits per heavy atom. The lowest BCUT2D eigenvalue weighted by atomic mass is 10.2. The molecule has 0 bridgehead atoms. The molecule has 7 heteroatoms. The van der Waals surface area contributed by atoms with Crippen molar-refractivity contribution in [2.24, 2.45) is 0 Å². The van der Waals surface area contributed by atoms with Gasteiger partial charge in [0, 0.05) is 15.3 Å². The van der Waals surface area contributed by atoms with Gasteiger partial charge in [-0.3, -0.25) is 4.79 Å². The highest BCUT2D eigenvalue weighted by Crippen LogP contribution is 2.20. The molecular weight excluding hydrogens is 376 g/mol. The van der Waals surface area contributed by atoms with Crippen molar-refractivity contribution in [2.75, 3.05) is 0 Å². The van der Waals surface area contributed by atoms with Crippen molar-refractivity contribution >= 4 is 40.2 Å². The number of hydrogen-bond acceptors (Lipinski definition) is 5. The van der Waals surface area contributed by atoms with Gasteiger partial charge in [-0.15, -0.1) is 22.7 Å². The Kier molecular flexibility index (Phi) is 6.07. The van der Waals surface area contributed by atoms with Gasteiger partial charge in [-0.25, -0.2) is 4.98 Å². The Morgan fingerprint density at radius 2 is 2.08 bits per heavy atom. The van der Waals surface area contributed by atoms with E-state index in [0.717, 1.165) is 21.3 Å². The van der Waals surface area contributed by atoms with E-state index >= 15 is 0 Å². The first-order valence-electron chi connectivity index (χ1n) is 7.74. The highest BCUT2D eigenvalue weighted by molar-refractivity contribution is 7.10. The van der Waals surface area contributed by atoms with Gasteiger partial charge in [-0.1, -0.05) is 17.7 Å². The molecule has 3 rings (SSSR count). The van der Waals surface area contributed by atoms with E-state index < -0.39 is 0 Å². The number of thiazole rings is 1. The molecule has 0 saturated carbocycles. The van der Waals surface area contributed by atoms with Crippen LogP contribution in [0.15, 0.2) is 47.2 Å². The summed E-state index contributed by atoms with van der Waals surface area (Å²) in [5.74, 6) is 0.708. The van der Waals surface area contributed by atoms with Gasteiger partial charge in [-0.05, 0) is 42.6 Å². The number of amides is 1. The van der Waals surface area contributed by atoms with Gasteiger partial charge in [0.1, 0.15) is 17.4 Å². The molecular formula is C18H17ClN2O2S2. The predicted molar refractivity (Wildman–Crippen MR) is 102 cm³/mol. The van der Waals surface area contributed by atoms with Crippen LogP contribution >= 0.6 is 34.3 Å². The predicted octanol–water partition coefficient (Wildman–Crippen LogP) is 4.86. The summed E-state index contributed by atoms with van der Waals surface area (Å²) in [6.07, 6.45) is 0.271. The molecule has 0 aliphatic rings. The minimum atomic E-state index is -0.0311. The second kappa shape index (κ2) is 8.47. The number of hydrogen-bond donors (Lipinski definition) is 1. The van der Waals surface area contributed by atoms with Crippen molar-refractivity contribution < 1.29 is 9.53 Å². The molecule has 3 aromatic rings. The average Bonchev–Trinajstić information content (AvgIpc) is 3.26. The van der Waals surface area contributed by atoms with E-state index in [0.29, 0.717) is 11.6 Å². The fourth-order valence-corrected chi connectivity index (χ4v) is 3.80. The highest BCUT2D eigenvalue weighted by atomic mass is 35.5. The molecule has 1 unspecified atom stereocenters. The van der Waals surface area contributed by atoms with Gasteiger partial charge in [0.2, 0.25) is 5.91 Å². The lowest BCUT2D eigenvalue weighted by Gasteiger charge is -2.11.